The quantitative estimate of drug-likeness (QED) is 0.416. The Bertz CT molecular complexity index is 267. The van der Waals surface area contributed by atoms with Gasteiger partial charge in [0.2, 0.25) is 0 Å². The second-order valence-electron chi connectivity index (χ2n) is 5.80. The minimum atomic E-state index is 0.355. The standard InChI is InChI=1S/C12H20O2/c1-8(14-13)9-7-12(4)6-5-10(9)11(12,2)3/h9-10,13H,1,5-7H2,2-4H3. The predicted octanol–water partition coefficient (Wildman–Crippen LogP) is 3.45. The molecule has 3 atom stereocenters. The van der Waals surface area contributed by atoms with Crippen molar-refractivity contribution in [3.8, 4) is 0 Å². The van der Waals surface area contributed by atoms with Crippen LogP contribution in [0.15, 0.2) is 12.3 Å². The second-order valence-corrected chi connectivity index (χ2v) is 5.80. The normalized spacial score (nSPS) is 44.0. The fourth-order valence-electron chi connectivity index (χ4n) is 3.71. The van der Waals surface area contributed by atoms with Gasteiger partial charge in [-0.25, -0.2) is 5.26 Å². The van der Waals surface area contributed by atoms with Crippen LogP contribution in [0.25, 0.3) is 0 Å². The molecule has 2 fully saturated rings. The Morgan fingerprint density at radius 1 is 1.43 bits per heavy atom. The van der Waals surface area contributed by atoms with E-state index in [9.17, 15) is 0 Å². The van der Waals surface area contributed by atoms with Gasteiger partial charge < -0.3 is 4.89 Å². The Kier molecular flexibility index (Phi) is 1.97. The van der Waals surface area contributed by atoms with Crippen molar-refractivity contribution >= 4 is 0 Å². The lowest BCUT2D eigenvalue weighted by molar-refractivity contribution is -0.213. The van der Waals surface area contributed by atoms with Crippen molar-refractivity contribution in [1.82, 2.24) is 0 Å². The predicted molar refractivity (Wildman–Crippen MR) is 55.6 cm³/mol. The van der Waals surface area contributed by atoms with E-state index in [0.29, 0.717) is 28.4 Å². The van der Waals surface area contributed by atoms with E-state index in [1.165, 1.54) is 12.8 Å². The molecule has 1 N–H and O–H groups in total. The van der Waals surface area contributed by atoms with E-state index in [1.54, 1.807) is 0 Å². The van der Waals surface area contributed by atoms with Crippen LogP contribution in [0.1, 0.15) is 40.0 Å². The largest absolute Gasteiger partial charge is 0.345 e. The molecule has 2 aliphatic rings. The summed E-state index contributed by atoms with van der Waals surface area (Å²) < 4.78 is 0. The number of hydrogen-bond acceptors (Lipinski definition) is 2. The summed E-state index contributed by atoms with van der Waals surface area (Å²) >= 11 is 0. The van der Waals surface area contributed by atoms with Crippen molar-refractivity contribution in [3.63, 3.8) is 0 Å². The van der Waals surface area contributed by atoms with Crippen LogP contribution in [0.2, 0.25) is 0 Å². The number of fused-ring (bicyclic) bond motifs is 2. The van der Waals surface area contributed by atoms with E-state index in [4.69, 9.17) is 5.26 Å². The maximum absolute atomic E-state index is 8.68. The van der Waals surface area contributed by atoms with Gasteiger partial charge in [-0.15, -0.1) is 0 Å². The summed E-state index contributed by atoms with van der Waals surface area (Å²) in [6.45, 7) is 10.8. The molecule has 80 valence electrons. The van der Waals surface area contributed by atoms with E-state index < -0.39 is 0 Å². The van der Waals surface area contributed by atoms with Gasteiger partial charge in [-0.05, 0) is 36.0 Å². The Hall–Kier alpha value is -0.500. The zero-order chi connectivity index (χ0) is 10.6. The van der Waals surface area contributed by atoms with Crippen molar-refractivity contribution < 1.29 is 10.1 Å². The zero-order valence-electron chi connectivity index (χ0n) is 9.34. The van der Waals surface area contributed by atoms with Gasteiger partial charge in [0.1, 0.15) is 5.76 Å². The third-order valence-corrected chi connectivity index (χ3v) is 5.18. The van der Waals surface area contributed by atoms with Gasteiger partial charge >= 0.3 is 0 Å². The monoisotopic (exact) mass is 196 g/mol. The van der Waals surface area contributed by atoms with Crippen LogP contribution in [-0.2, 0) is 4.89 Å². The summed E-state index contributed by atoms with van der Waals surface area (Å²) in [6.07, 6.45) is 3.67. The summed E-state index contributed by atoms with van der Waals surface area (Å²) in [5, 5.41) is 8.68. The van der Waals surface area contributed by atoms with Crippen LogP contribution >= 0.6 is 0 Å². The molecule has 0 spiro atoms. The Balaban J connectivity index is 2.27. The minimum absolute atomic E-state index is 0.355. The van der Waals surface area contributed by atoms with Crippen LogP contribution < -0.4 is 0 Å². The summed E-state index contributed by atoms with van der Waals surface area (Å²) in [4.78, 5) is 4.33. The van der Waals surface area contributed by atoms with Crippen LogP contribution in [-0.4, -0.2) is 5.26 Å². The van der Waals surface area contributed by atoms with Crippen LogP contribution in [0.3, 0.4) is 0 Å². The topological polar surface area (TPSA) is 29.5 Å². The zero-order valence-corrected chi connectivity index (χ0v) is 9.34. The molecule has 0 aromatic carbocycles. The molecular formula is C12H20O2. The molecule has 0 aliphatic heterocycles. The molecule has 2 aliphatic carbocycles. The number of allylic oxidation sites excluding steroid dienone is 1. The van der Waals surface area contributed by atoms with Crippen LogP contribution in [0.5, 0.6) is 0 Å². The molecule has 0 aromatic heterocycles. The maximum atomic E-state index is 8.68. The van der Waals surface area contributed by atoms with E-state index >= 15 is 0 Å². The van der Waals surface area contributed by atoms with Crippen molar-refractivity contribution in [2.75, 3.05) is 0 Å². The first-order valence-corrected chi connectivity index (χ1v) is 5.42. The summed E-state index contributed by atoms with van der Waals surface area (Å²) in [5.74, 6) is 1.55. The first-order valence-electron chi connectivity index (χ1n) is 5.42. The lowest BCUT2D eigenvalue weighted by atomic mass is 9.71. The Labute approximate surface area is 85.9 Å². The molecular weight excluding hydrogens is 176 g/mol. The second kappa shape index (κ2) is 2.75. The average molecular weight is 196 g/mol. The molecule has 2 nitrogen and oxygen atoms in total. The van der Waals surface area contributed by atoms with Gasteiger partial charge in [-0.3, -0.25) is 0 Å². The third kappa shape index (κ3) is 1.01. The lowest BCUT2D eigenvalue weighted by Crippen LogP contribution is -2.26. The SMILES string of the molecule is C=C(OO)C1CC2(C)CCC1C2(C)C. The van der Waals surface area contributed by atoms with E-state index in [2.05, 4.69) is 32.2 Å². The van der Waals surface area contributed by atoms with Crippen LogP contribution in [0, 0.1) is 22.7 Å². The maximum Gasteiger partial charge on any atom is 0.138 e. The highest BCUT2D eigenvalue weighted by molar-refractivity contribution is 5.15. The summed E-state index contributed by atoms with van der Waals surface area (Å²) in [5.41, 5.74) is 0.767. The molecule has 0 saturated heterocycles. The summed E-state index contributed by atoms with van der Waals surface area (Å²) in [7, 11) is 0. The Morgan fingerprint density at radius 2 is 2.07 bits per heavy atom. The molecule has 0 radical (unpaired) electrons. The highest BCUT2D eigenvalue weighted by Gasteiger charge is 2.61. The van der Waals surface area contributed by atoms with Gasteiger partial charge in [0, 0.05) is 5.92 Å². The fraction of sp³-hybridized carbons (Fsp3) is 0.833. The van der Waals surface area contributed by atoms with Crippen molar-refractivity contribution in [2.24, 2.45) is 22.7 Å². The molecule has 2 heteroatoms. The van der Waals surface area contributed by atoms with Crippen molar-refractivity contribution in [2.45, 2.75) is 40.0 Å². The smallest absolute Gasteiger partial charge is 0.138 e. The first-order chi connectivity index (χ1) is 6.42. The van der Waals surface area contributed by atoms with E-state index in [1.807, 2.05) is 0 Å². The van der Waals surface area contributed by atoms with Crippen molar-refractivity contribution in [3.05, 3.63) is 12.3 Å². The van der Waals surface area contributed by atoms with Gasteiger partial charge in [-0.2, -0.15) is 0 Å². The molecule has 14 heavy (non-hydrogen) atoms. The van der Waals surface area contributed by atoms with Gasteiger partial charge in [0.15, 0.2) is 0 Å². The van der Waals surface area contributed by atoms with Crippen LogP contribution in [0.4, 0.5) is 0 Å². The first kappa shape index (κ1) is 10.0. The third-order valence-electron chi connectivity index (χ3n) is 5.18. The molecule has 0 aromatic rings. The van der Waals surface area contributed by atoms with Gasteiger partial charge in [-0.1, -0.05) is 27.4 Å². The number of rotatable bonds is 2. The lowest BCUT2D eigenvalue weighted by Gasteiger charge is -2.34. The fourth-order valence-corrected chi connectivity index (χ4v) is 3.71. The van der Waals surface area contributed by atoms with Gasteiger partial charge in [0.05, 0.1) is 0 Å². The molecule has 2 bridgehead atoms. The molecule has 3 unspecified atom stereocenters. The number of hydrogen-bond donors (Lipinski definition) is 1. The molecule has 0 amide bonds. The summed E-state index contributed by atoms with van der Waals surface area (Å²) in [6, 6.07) is 0. The van der Waals surface area contributed by atoms with E-state index in [-0.39, 0.29) is 0 Å². The van der Waals surface area contributed by atoms with Crippen molar-refractivity contribution in [1.29, 1.82) is 0 Å². The molecule has 2 saturated carbocycles. The highest BCUT2D eigenvalue weighted by Crippen LogP contribution is 2.68. The van der Waals surface area contributed by atoms with E-state index in [0.717, 1.165) is 6.42 Å². The van der Waals surface area contributed by atoms with Gasteiger partial charge in [0.25, 0.3) is 0 Å². The molecule has 0 heterocycles. The average Bonchev–Trinajstić information content (AvgIpc) is 2.47. The minimum Gasteiger partial charge on any atom is -0.345 e. The molecule has 2 rings (SSSR count). The highest BCUT2D eigenvalue weighted by atomic mass is 17.1. The Morgan fingerprint density at radius 3 is 2.43 bits per heavy atom.